The molecule has 1 heteroatoms. The molecule has 0 N–H and O–H groups in total. The van der Waals surface area contributed by atoms with E-state index in [9.17, 15) is 0 Å². The largest absolute Gasteiger partial charge is 0.248 e. The summed E-state index contributed by atoms with van der Waals surface area (Å²) in [4.78, 5) is 5.09. The van der Waals surface area contributed by atoms with Crippen molar-refractivity contribution in [1.29, 1.82) is 0 Å². The van der Waals surface area contributed by atoms with Gasteiger partial charge in [-0.3, -0.25) is 0 Å². The normalized spacial score (nSPS) is 12.5. The summed E-state index contributed by atoms with van der Waals surface area (Å²) in [7, 11) is 0. The number of aromatic nitrogens is 1. The van der Waals surface area contributed by atoms with Crippen molar-refractivity contribution in [3.63, 3.8) is 0 Å². The van der Waals surface area contributed by atoms with Crippen LogP contribution >= 0.6 is 0 Å². The minimum absolute atomic E-state index is 0.482. The van der Waals surface area contributed by atoms with Crippen molar-refractivity contribution in [3.05, 3.63) is 259 Å². The van der Waals surface area contributed by atoms with Crippen molar-refractivity contribution < 1.29 is 0 Å². The zero-order valence-electron chi connectivity index (χ0n) is 32.5. The number of rotatable bonds is 7. The molecule has 0 aliphatic heterocycles. The van der Waals surface area contributed by atoms with Crippen molar-refractivity contribution in [2.24, 2.45) is 0 Å². The van der Waals surface area contributed by atoms with E-state index in [1.54, 1.807) is 0 Å². The first-order valence-electron chi connectivity index (χ1n) is 20.4. The second kappa shape index (κ2) is 14.4. The standard InChI is InChI=1S/C58H39N/c1-5-17-44(18-6-1)54-38-47(39-55(59-54)45-19-7-2-8-20-45)42-31-29-40(30-32-42)41-33-35-43(36-34-41)52-37-46-21-13-14-26-50(46)57-56(52)51-27-15-16-28-53(51)58(57,48-22-9-3-10-23-48)49-24-11-4-12-25-49/h1-39H. The summed E-state index contributed by atoms with van der Waals surface area (Å²) in [6.45, 7) is 0. The highest BCUT2D eigenvalue weighted by Crippen LogP contribution is 2.60. The molecule has 0 saturated heterocycles. The van der Waals surface area contributed by atoms with E-state index in [0.29, 0.717) is 0 Å². The van der Waals surface area contributed by atoms with Gasteiger partial charge in [-0.1, -0.05) is 218 Å². The van der Waals surface area contributed by atoms with E-state index in [0.717, 1.165) is 33.6 Å². The molecule has 276 valence electrons. The Morgan fingerprint density at radius 2 is 0.746 bits per heavy atom. The van der Waals surface area contributed by atoms with Crippen LogP contribution in [0.3, 0.4) is 0 Å². The quantitative estimate of drug-likeness (QED) is 0.158. The van der Waals surface area contributed by atoms with E-state index in [-0.39, 0.29) is 0 Å². The third-order valence-electron chi connectivity index (χ3n) is 12.2. The summed E-state index contributed by atoms with van der Waals surface area (Å²) in [6.07, 6.45) is 0. The Hall–Kier alpha value is -7.61. The van der Waals surface area contributed by atoms with Crippen LogP contribution in [-0.2, 0) is 5.41 Å². The maximum atomic E-state index is 5.09. The van der Waals surface area contributed by atoms with Gasteiger partial charge in [-0.25, -0.2) is 4.98 Å². The van der Waals surface area contributed by atoms with Crippen LogP contribution < -0.4 is 0 Å². The topological polar surface area (TPSA) is 12.9 Å². The fraction of sp³-hybridized carbons (Fsp3) is 0.0172. The van der Waals surface area contributed by atoms with Crippen LogP contribution in [0.4, 0.5) is 0 Å². The van der Waals surface area contributed by atoms with Crippen LogP contribution in [0.2, 0.25) is 0 Å². The molecule has 1 nitrogen and oxygen atoms in total. The molecule has 0 unspecified atom stereocenters. The first-order valence-corrected chi connectivity index (χ1v) is 20.4. The van der Waals surface area contributed by atoms with Gasteiger partial charge in [0.15, 0.2) is 0 Å². The third-order valence-corrected chi connectivity index (χ3v) is 12.2. The second-order valence-electron chi connectivity index (χ2n) is 15.4. The lowest BCUT2D eigenvalue weighted by atomic mass is 9.66. The van der Waals surface area contributed by atoms with E-state index < -0.39 is 5.41 Å². The average Bonchev–Trinajstić information content (AvgIpc) is 3.65. The number of pyridine rings is 1. The van der Waals surface area contributed by atoms with Crippen LogP contribution in [0, 0.1) is 0 Å². The van der Waals surface area contributed by atoms with E-state index in [4.69, 9.17) is 4.98 Å². The molecule has 1 aliphatic rings. The van der Waals surface area contributed by atoms with Crippen molar-refractivity contribution in [2.75, 3.05) is 0 Å². The maximum absolute atomic E-state index is 5.09. The molecule has 0 fully saturated rings. The minimum Gasteiger partial charge on any atom is -0.248 e. The molecular formula is C58H39N. The van der Waals surface area contributed by atoms with Gasteiger partial charge in [0.05, 0.1) is 16.8 Å². The van der Waals surface area contributed by atoms with E-state index in [1.807, 2.05) is 12.1 Å². The van der Waals surface area contributed by atoms with Gasteiger partial charge >= 0.3 is 0 Å². The fourth-order valence-electron chi connectivity index (χ4n) is 9.46. The fourth-order valence-corrected chi connectivity index (χ4v) is 9.46. The lowest BCUT2D eigenvalue weighted by molar-refractivity contribution is 0.775. The lowest BCUT2D eigenvalue weighted by Gasteiger charge is -2.35. The number of hydrogen-bond donors (Lipinski definition) is 0. The average molecular weight is 750 g/mol. The van der Waals surface area contributed by atoms with Crippen LogP contribution in [0.1, 0.15) is 22.3 Å². The number of hydrogen-bond acceptors (Lipinski definition) is 1. The Kier molecular flexibility index (Phi) is 8.45. The number of fused-ring (bicyclic) bond motifs is 5. The summed E-state index contributed by atoms with van der Waals surface area (Å²) in [5, 5.41) is 2.53. The van der Waals surface area contributed by atoms with E-state index in [2.05, 4.69) is 224 Å². The molecule has 10 aromatic rings. The van der Waals surface area contributed by atoms with Crippen LogP contribution in [0.25, 0.3) is 77.8 Å². The van der Waals surface area contributed by atoms with Gasteiger partial charge in [0.2, 0.25) is 0 Å². The summed E-state index contributed by atoms with van der Waals surface area (Å²) in [6, 6.07) is 86.0. The smallest absolute Gasteiger partial charge is 0.0719 e. The first-order chi connectivity index (χ1) is 29.3. The van der Waals surface area contributed by atoms with Gasteiger partial charge in [-0.2, -0.15) is 0 Å². The highest BCUT2D eigenvalue weighted by atomic mass is 14.7. The Balaban J connectivity index is 1.02. The van der Waals surface area contributed by atoms with E-state index in [1.165, 1.54) is 66.4 Å². The van der Waals surface area contributed by atoms with E-state index >= 15 is 0 Å². The molecule has 9 aromatic carbocycles. The highest BCUT2D eigenvalue weighted by molar-refractivity contribution is 6.06. The predicted octanol–water partition coefficient (Wildman–Crippen LogP) is 14.9. The molecule has 0 amide bonds. The van der Waals surface area contributed by atoms with Gasteiger partial charge in [0.1, 0.15) is 0 Å². The summed E-state index contributed by atoms with van der Waals surface area (Å²) in [5.74, 6) is 0. The van der Waals surface area contributed by atoms with Crippen molar-refractivity contribution in [1.82, 2.24) is 4.98 Å². The molecular weight excluding hydrogens is 711 g/mol. The van der Waals surface area contributed by atoms with Crippen molar-refractivity contribution in [2.45, 2.75) is 5.41 Å². The van der Waals surface area contributed by atoms with Gasteiger partial charge in [-0.05, 0) is 95.7 Å². The Morgan fingerprint density at radius 3 is 1.31 bits per heavy atom. The van der Waals surface area contributed by atoms with Gasteiger partial charge < -0.3 is 0 Å². The molecule has 0 bridgehead atoms. The molecule has 0 saturated carbocycles. The molecule has 11 rings (SSSR count). The minimum atomic E-state index is -0.482. The van der Waals surface area contributed by atoms with Crippen LogP contribution in [0.15, 0.2) is 237 Å². The van der Waals surface area contributed by atoms with Gasteiger partial charge in [-0.15, -0.1) is 0 Å². The summed E-state index contributed by atoms with van der Waals surface area (Å²) >= 11 is 0. The lowest BCUT2D eigenvalue weighted by Crippen LogP contribution is -2.28. The zero-order chi connectivity index (χ0) is 39.2. The maximum Gasteiger partial charge on any atom is 0.0719 e. The van der Waals surface area contributed by atoms with Crippen LogP contribution in [0.5, 0.6) is 0 Å². The van der Waals surface area contributed by atoms with Crippen molar-refractivity contribution in [3.8, 4) is 67.0 Å². The van der Waals surface area contributed by atoms with Crippen molar-refractivity contribution >= 4 is 10.8 Å². The summed E-state index contributed by atoms with van der Waals surface area (Å²) in [5.41, 5.74) is 18.6. The third kappa shape index (κ3) is 5.82. The first kappa shape index (κ1) is 34.6. The molecule has 0 atom stereocenters. The Labute approximate surface area is 345 Å². The van der Waals surface area contributed by atoms with Crippen LogP contribution in [-0.4, -0.2) is 4.98 Å². The second-order valence-corrected chi connectivity index (χ2v) is 15.4. The number of nitrogens with zero attached hydrogens (tertiary/aromatic N) is 1. The molecule has 0 spiro atoms. The molecule has 59 heavy (non-hydrogen) atoms. The molecule has 0 radical (unpaired) electrons. The predicted molar refractivity (Wildman–Crippen MR) is 246 cm³/mol. The zero-order valence-corrected chi connectivity index (χ0v) is 32.5. The van der Waals surface area contributed by atoms with Gasteiger partial charge in [0.25, 0.3) is 0 Å². The molecule has 1 heterocycles. The highest BCUT2D eigenvalue weighted by Gasteiger charge is 2.48. The Bertz CT molecular complexity index is 3000. The van der Waals surface area contributed by atoms with Gasteiger partial charge in [0, 0.05) is 11.1 Å². The molecule has 1 aromatic heterocycles. The summed E-state index contributed by atoms with van der Waals surface area (Å²) < 4.78 is 0. The SMILES string of the molecule is c1ccc(-c2cc(-c3ccc(-c4ccc(-c5cc6ccccc6c6c5-c5ccccc5C6(c5ccccc5)c5ccccc5)cc4)cc3)cc(-c3ccccc3)n2)cc1. The number of benzene rings is 9. The monoisotopic (exact) mass is 749 g/mol. The molecule has 1 aliphatic carbocycles. The Morgan fingerprint density at radius 1 is 0.305 bits per heavy atom.